The minimum atomic E-state index is -0.796. The molecular weight excluding hydrogens is 272 g/mol. The first-order chi connectivity index (χ1) is 10.0. The summed E-state index contributed by atoms with van der Waals surface area (Å²) in [6.45, 7) is 0. The van der Waals surface area contributed by atoms with Gasteiger partial charge in [-0.3, -0.25) is 14.4 Å². The zero-order valence-corrected chi connectivity index (χ0v) is 11.8. The number of unbranched alkanes of at least 4 members (excludes halogenated alkanes) is 3. The van der Waals surface area contributed by atoms with Crippen molar-refractivity contribution in [3.05, 3.63) is 29.8 Å². The van der Waals surface area contributed by atoms with Crippen LogP contribution in [0.2, 0.25) is 0 Å². The summed E-state index contributed by atoms with van der Waals surface area (Å²) < 4.78 is 0. The number of anilines is 1. The number of benzene rings is 1. The van der Waals surface area contributed by atoms with Gasteiger partial charge in [-0.05, 0) is 25.0 Å². The van der Waals surface area contributed by atoms with Gasteiger partial charge in [0.2, 0.25) is 5.91 Å². The maximum Gasteiger partial charge on any atom is 0.303 e. The Hall–Kier alpha value is -2.37. The molecule has 21 heavy (non-hydrogen) atoms. The highest BCUT2D eigenvalue weighted by Gasteiger charge is 2.09. The van der Waals surface area contributed by atoms with Gasteiger partial charge in [0.15, 0.2) is 0 Å². The number of carboxylic acids is 1. The predicted molar refractivity (Wildman–Crippen MR) is 78.9 cm³/mol. The second-order valence-electron chi connectivity index (χ2n) is 4.77. The van der Waals surface area contributed by atoms with E-state index in [1.54, 1.807) is 24.3 Å². The molecule has 6 nitrogen and oxygen atoms in total. The van der Waals surface area contributed by atoms with Crippen LogP contribution in [0.3, 0.4) is 0 Å². The lowest BCUT2D eigenvalue weighted by Crippen LogP contribution is -2.17. The van der Waals surface area contributed by atoms with Gasteiger partial charge in [0.25, 0.3) is 5.91 Å². The van der Waals surface area contributed by atoms with Gasteiger partial charge < -0.3 is 16.2 Å². The molecule has 0 unspecified atom stereocenters. The van der Waals surface area contributed by atoms with Crippen molar-refractivity contribution in [1.82, 2.24) is 0 Å². The van der Waals surface area contributed by atoms with Crippen LogP contribution in [0.1, 0.15) is 48.9 Å². The molecule has 0 bridgehead atoms. The predicted octanol–water partition coefficient (Wildman–Crippen LogP) is 2.15. The molecule has 0 aliphatic carbocycles. The number of hydrogen-bond acceptors (Lipinski definition) is 3. The monoisotopic (exact) mass is 292 g/mol. The van der Waals surface area contributed by atoms with Crippen LogP contribution in [0.15, 0.2) is 24.3 Å². The van der Waals surface area contributed by atoms with Gasteiger partial charge in [0.05, 0.1) is 11.3 Å². The number of nitrogens with one attached hydrogen (secondary N) is 1. The van der Waals surface area contributed by atoms with Crippen LogP contribution in [0.5, 0.6) is 0 Å². The zero-order valence-electron chi connectivity index (χ0n) is 11.8. The molecule has 0 heterocycles. The van der Waals surface area contributed by atoms with Gasteiger partial charge in [-0.1, -0.05) is 25.0 Å². The Balaban J connectivity index is 2.31. The molecule has 6 heteroatoms. The zero-order chi connectivity index (χ0) is 15.7. The van der Waals surface area contributed by atoms with E-state index in [9.17, 15) is 14.4 Å². The minimum absolute atomic E-state index is 0.165. The van der Waals surface area contributed by atoms with Crippen molar-refractivity contribution in [3.63, 3.8) is 0 Å². The molecule has 2 amide bonds. The number of hydrogen-bond donors (Lipinski definition) is 3. The summed E-state index contributed by atoms with van der Waals surface area (Å²) in [6.07, 6.45) is 3.40. The minimum Gasteiger partial charge on any atom is -0.481 e. The number of nitrogens with two attached hydrogens (primary N) is 1. The molecule has 0 aromatic heterocycles. The van der Waals surface area contributed by atoms with E-state index in [4.69, 9.17) is 10.8 Å². The Morgan fingerprint density at radius 3 is 2.24 bits per heavy atom. The average Bonchev–Trinajstić information content (AvgIpc) is 2.42. The van der Waals surface area contributed by atoms with Crippen LogP contribution in [0, 0.1) is 0 Å². The second-order valence-corrected chi connectivity index (χ2v) is 4.77. The van der Waals surface area contributed by atoms with Crippen molar-refractivity contribution >= 4 is 23.5 Å². The van der Waals surface area contributed by atoms with E-state index in [1.807, 2.05) is 0 Å². The lowest BCUT2D eigenvalue weighted by atomic mass is 10.1. The quantitative estimate of drug-likeness (QED) is 0.606. The van der Waals surface area contributed by atoms with Crippen LogP contribution >= 0.6 is 0 Å². The SMILES string of the molecule is NC(=O)c1ccccc1NC(=O)CCCCCCC(=O)O. The van der Waals surface area contributed by atoms with Crippen LogP contribution < -0.4 is 11.1 Å². The Bertz CT molecular complexity index is 514. The Labute approximate surface area is 123 Å². The van der Waals surface area contributed by atoms with Gasteiger partial charge in [0, 0.05) is 12.8 Å². The van der Waals surface area contributed by atoms with Gasteiger partial charge >= 0.3 is 5.97 Å². The fraction of sp³-hybridized carbons (Fsp3) is 0.400. The van der Waals surface area contributed by atoms with Crippen LogP contribution in [0.4, 0.5) is 5.69 Å². The fourth-order valence-electron chi connectivity index (χ4n) is 1.94. The van der Waals surface area contributed by atoms with Crippen LogP contribution in [-0.2, 0) is 9.59 Å². The summed E-state index contributed by atoms with van der Waals surface area (Å²) in [5, 5.41) is 11.2. The molecule has 0 saturated carbocycles. The van der Waals surface area contributed by atoms with Crippen molar-refractivity contribution in [1.29, 1.82) is 0 Å². The van der Waals surface area contributed by atoms with Gasteiger partial charge in [0.1, 0.15) is 0 Å². The van der Waals surface area contributed by atoms with Crippen molar-refractivity contribution < 1.29 is 19.5 Å². The number of aliphatic carboxylic acids is 1. The van der Waals surface area contributed by atoms with Crippen LogP contribution in [0.25, 0.3) is 0 Å². The summed E-state index contributed by atoms with van der Waals surface area (Å²) in [5.41, 5.74) is 5.93. The van der Waals surface area contributed by atoms with E-state index in [0.29, 0.717) is 24.9 Å². The lowest BCUT2D eigenvalue weighted by Gasteiger charge is -2.08. The summed E-state index contributed by atoms with van der Waals surface area (Å²) >= 11 is 0. The lowest BCUT2D eigenvalue weighted by molar-refractivity contribution is -0.137. The summed E-state index contributed by atoms with van der Waals surface area (Å²) in [6, 6.07) is 6.58. The average molecular weight is 292 g/mol. The molecule has 1 rings (SSSR count). The molecular formula is C15H20N2O4. The first-order valence-electron chi connectivity index (χ1n) is 6.91. The van der Waals surface area contributed by atoms with Crippen LogP contribution in [-0.4, -0.2) is 22.9 Å². The van der Waals surface area contributed by atoms with Crippen molar-refractivity contribution in [2.75, 3.05) is 5.32 Å². The summed E-state index contributed by atoms with van der Waals surface area (Å²) in [4.78, 5) is 33.3. The molecule has 0 radical (unpaired) electrons. The van der Waals surface area contributed by atoms with E-state index in [0.717, 1.165) is 12.8 Å². The number of carbonyl (C=O) groups excluding carboxylic acids is 2. The summed E-state index contributed by atoms with van der Waals surface area (Å²) in [7, 11) is 0. The molecule has 0 aliphatic rings. The fourth-order valence-corrected chi connectivity index (χ4v) is 1.94. The highest BCUT2D eigenvalue weighted by molar-refractivity contribution is 6.02. The Morgan fingerprint density at radius 1 is 1.00 bits per heavy atom. The molecule has 0 atom stereocenters. The molecule has 1 aromatic rings. The van der Waals surface area contributed by atoms with Crippen molar-refractivity contribution in [2.24, 2.45) is 5.73 Å². The second kappa shape index (κ2) is 8.73. The number of carbonyl (C=O) groups is 3. The third-order valence-electron chi connectivity index (χ3n) is 3.01. The maximum absolute atomic E-state index is 11.8. The van der Waals surface area contributed by atoms with E-state index in [2.05, 4.69) is 5.32 Å². The Morgan fingerprint density at radius 2 is 1.62 bits per heavy atom. The topological polar surface area (TPSA) is 109 Å². The van der Waals surface area contributed by atoms with E-state index in [-0.39, 0.29) is 17.9 Å². The van der Waals surface area contributed by atoms with E-state index in [1.165, 1.54) is 0 Å². The molecule has 0 fully saturated rings. The standard InChI is InChI=1S/C15H20N2O4/c16-15(21)11-7-5-6-8-12(11)17-13(18)9-3-1-2-4-10-14(19)20/h5-8H,1-4,9-10H2,(H2,16,21)(H,17,18)(H,19,20). The molecule has 0 saturated heterocycles. The van der Waals surface area contributed by atoms with Gasteiger partial charge in [-0.2, -0.15) is 0 Å². The smallest absolute Gasteiger partial charge is 0.303 e. The number of primary amides is 1. The van der Waals surface area contributed by atoms with Crippen molar-refractivity contribution in [2.45, 2.75) is 38.5 Å². The normalized spacial score (nSPS) is 10.1. The highest BCUT2D eigenvalue weighted by atomic mass is 16.4. The first kappa shape index (κ1) is 16.7. The largest absolute Gasteiger partial charge is 0.481 e. The summed E-state index contributed by atoms with van der Waals surface area (Å²) in [5.74, 6) is -1.56. The first-order valence-corrected chi connectivity index (χ1v) is 6.91. The molecule has 4 N–H and O–H groups in total. The molecule has 1 aromatic carbocycles. The molecule has 114 valence electrons. The number of amides is 2. The molecule has 0 spiro atoms. The van der Waals surface area contributed by atoms with E-state index >= 15 is 0 Å². The maximum atomic E-state index is 11.8. The number of carboxylic acid groups (broad SMARTS) is 1. The number of rotatable bonds is 9. The third kappa shape index (κ3) is 6.56. The van der Waals surface area contributed by atoms with E-state index < -0.39 is 11.9 Å². The number of para-hydroxylation sites is 1. The van der Waals surface area contributed by atoms with Crippen molar-refractivity contribution in [3.8, 4) is 0 Å². The Kier molecular flexibility index (Phi) is 6.94. The third-order valence-corrected chi connectivity index (χ3v) is 3.01. The highest BCUT2D eigenvalue weighted by Crippen LogP contribution is 2.15. The molecule has 0 aliphatic heterocycles. The van der Waals surface area contributed by atoms with Gasteiger partial charge in [-0.25, -0.2) is 0 Å². The van der Waals surface area contributed by atoms with Gasteiger partial charge in [-0.15, -0.1) is 0 Å².